The predicted octanol–water partition coefficient (Wildman–Crippen LogP) is 2.78. The number of hydrogen-bond donors (Lipinski definition) is 0. The van der Waals surface area contributed by atoms with Gasteiger partial charge in [0.05, 0.1) is 16.9 Å². The van der Waals surface area contributed by atoms with Gasteiger partial charge < -0.3 is 4.90 Å². The molecule has 0 atom stereocenters. The van der Waals surface area contributed by atoms with E-state index in [0.29, 0.717) is 19.2 Å². The number of carbonyl (C=O) groups is 1. The number of alkyl halides is 3. The molecule has 1 aromatic carbocycles. The molecule has 1 aliphatic rings. The molecule has 114 valence electrons. The number of amides is 1. The first kappa shape index (κ1) is 15.3. The summed E-state index contributed by atoms with van der Waals surface area (Å²) in [5.74, 6) is -0.383. The molecule has 0 unspecified atom stereocenters. The van der Waals surface area contributed by atoms with E-state index in [0.717, 1.165) is 25.0 Å². The number of nitrogens with zero attached hydrogens (tertiary/aromatic N) is 2. The van der Waals surface area contributed by atoms with E-state index in [2.05, 4.69) is 0 Å². The summed E-state index contributed by atoms with van der Waals surface area (Å²) < 4.78 is 38.9. The first-order chi connectivity index (χ1) is 9.79. The van der Waals surface area contributed by atoms with Gasteiger partial charge in [-0.2, -0.15) is 13.2 Å². The van der Waals surface area contributed by atoms with E-state index in [1.807, 2.05) is 0 Å². The predicted molar refractivity (Wildman–Crippen MR) is 67.6 cm³/mol. The molecule has 0 aliphatic carbocycles. The Bertz CT molecular complexity index is 566. The van der Waals surface area contributed by atoms with Gasteiger partial charge in [-0.25, -0.2) is 0 Å². The molecule has 2 rings (SSSR count). The van der Waals surface area contributed by atoms with Gasteiger partial charge in [0.25, 0.3) is 5.69 Å². The first-order valence-electron chi connectivity index (χ1n) is 6.41. The van der Waals surface area contributed by atoms with Crippen molar-refractivity contribution >= 4 is 11.6 Å². The van der Waals surface area contributed by atoms with Crippen LogP contribution >= 0.6 is 0 Å². The number of benzene rings is 1. The Morgan fingerprint density at radius 2 is 1.90 bits per heavy atom. The average Bonchev–Trinajstić information content (AvgIpc) is 2.91. The van der Waals surface area contributed by atoms with Crippen LogP contribution in [0.25, 0.3) is 0 Å². The van der Waals surface area contributed by atoms with Crippen LogP contribution in [0.4, 0.5) is 18.9 Å². The summed E-state index contributed by atoms with van der Waals surface area (Å²) in [5, 5.41) is 10.6. The minimum atomic E-state index is -4.73. The molecule has 1 heterocycles. The summed E-state index contributed by atoms with van der Waals surface area (Å²) in [6.45, 7) is 1.10. The molecule has 0 spiro atoms. The quantitative estimate of drug-likeness (QED) is 0.637. The van der Waals surface area contributed by atoms with Crippen molar-refractivity contribution in [3.8, 4) is 0 Å². The van der Waals surface area contributed by atoms with Crippen LogP contribution in [0.3, 0.4) is 0 Å². The molecule has 8 heteroatoms. The maximum atomic E-state index is 13.0. The van der Waals surface area contributed by atoms with Crippen molar-refractivity contribution in [1.29, 1.82) is 0 Å². The van der Waals surface area contributed by atoms with Crippen molar-refractivity contribution in [3.63, 3.8) is 0 Å². The van der Waals surface area contributed by atoms with Crippen LogP contribution in [-0.4, -0.2) is 28.8 Å². The third-order valence-corrected chi connectivity index (χ3v) is 3.41. The van der Waals surface area contributed by atoms with Crippen LogP contribution in [0.5, 0.6) is 0 Å². The molecule has 0 radical (unpaired) electrons. The van der Waals surface area contributed by atoms with Gasteiger partial charge in [0.1, 0.15) is 0 Å². The van der Waals surface area contributed by atoms with Gasteiger partial charge in [0.2, 0.25) is 5.91 Å². The fourth-order valence-corrected chi connectivity index (χ4v) is 2.34. The van der Waals surface area contributed by atoms with Gasteiger partial charge in [-0.1, -0.05) is 6.07 Å². The van der Waals surface area contributed by atoms with Crippen LogP contribution in [0.1, 0.15) is 24.0 Å². The molecule has 0 saturated carbocycles. The lowest BCUT2D eigenvalue weighted by Gasteiger charge is -2.17. The number of hydrogen-bond acceptors (Lipinski definition) is 3. The van der Waals surface area contributed by atoms with E-state index in [1.54, 1.807) is 0 Å². The Balaban J connectivity index is 2.29. The normalized spacial score (nSPS) is 15.3. The van der Waals surface area contributed by atoms with Crippen LogP contribution < -0.4 is 0 Å². The molecule has 1 aliphatic heterocycles. The summed E-state index contributed by atoms with van der Waals surface area (Å²) in [7, 11) is 0. The van der Waals surface area contributed by atoms with E-state index in [1.165, 1.54) is 4.90 Å². The average molecular weight is 302 g/mol. The number of nitro groups is 1. The topological polar surface area (TPSA) is 63.4 Å². The maximum absolute atomic E-state index is 13.0. The SMILES string of the molecule is O=C(Cc1ccc([N+](=O)[O-])cc1C(F)(F)F)N1CCCC1. The number of carbonyl (C=O) groups excluding carboxylic acids is 1. The van der Waals surface area contributed by atoms with Crippen molar-refractivity contribution in [2.75, 3.05) is 13.1 Å². The monoisotopic (exact) mass is 302 g/mol. The van der Waals surface area contributed by atoms with Gasteiger partial charge in [-0.3, -0.25) is 14.9 Å². The van der Waals surface area contributed by atoms with Gasteiger partial charge in [-0.05, 0) is 18.4 Å². The highest BCUT2D eigenvalue weighted by Crippen LogP contribution is 2.34. The molecule has 5 nitrogen and oxygen atoms in total. The largest absolute Gasteiger partial charge is 0.416 e. The maximum Gasteiger partial charge on any atom is 0.416 e. The Labute approximate surface area is 118 Å². The van der Waals surface area contributed by atoms with E-state index in [9.17, 15) is 28.1 Å². The lowest BCUT2D eigenvalue weighted by molar-refractivity contribution is -0.385. The van der Waals surface area contributed by atoms with Crippen LogP contribution in [0, 0.1) is 10.1 Å². The number of halogens is 3. The van der Waals surface area contributed by atoms with E-state index >= 15 is 0 Å². The Morgan fingerprint density at radius 1 is 1.29 bits per heavy atom. The van der Waals surface area contributed by atoms with Gasteiger partial charge in [0, 0.05) is 25.2 Å². The van der Waals surface area contributed by atoms with Crippen molar-refractivity contribution in [3.05, 3.63) is 39.4 Å². The van der Waals surface area contributed by atoms with E-state index in [4.69, 9.17) is 0 Å². The molecular weight excluding hydrogens is 289 g/mol. The molecule has 1 saturated heterocycles. The van der Waals surface area contributed by atoms with Crippen molar-refractivity contribution in [2.24, 2.45) is 0 Å². The lowest BCUT2D eigenvalue weighted by atomic mass is 10.0. The highest BCUT2D eigenvalue weighted by atomic mass is 19.4. The summed E-state index contributed by atoms with van der Waals surface area (Å²) in [4.78, 5) is 23.2. The molecule has 0 N–H and O–H groups in total. The zero-order chi connectivity index (χ0) is 15.6. The van der Waals surface area contributed by atoms with Crippen molar-refractivity contribution < 1.29 is 22.9 Å². The summed E-state index contributed by atoms with van der Waals surface area (Å²) >= 11 is 0. The highest BCUT2D eigenvalue weighted by Gasteiger charge is 2.35. The Morgan fingerprint density at radius 3 is 2.43 bits per heavy atom. The lowest BCUT2D eigenvalue weighted by Crippen LogP contribution is -2.29. The smallest absolute Gasteiger partial charge is 0.342 e. The standard InChI is InChI=1S/C13H13F3N2O3/c14-13(15,16)11-8-10(18(20)21)4-3-9(11)7-12(19)17-5-1-2-6-17/h3-4,8H,1-2,5-7H2. The Kier molecular flexibility index (Phi) is 4.15. The zero-order valence-corrected chi connectivity index (χ0v) is 11.0. The fourth-order valence-electron chi connectivity index (χ4n) is 2.34. The van der Waals surface area contributed by atoms with E-state index in [-0.39, 0.29) is 11.5 Å². The molecule has 0 bridgehead atoms. The van der Waals surface area contributed by atoms with Crippen LogP contribution in [-0.2, 0) is 17.4 Å². The number of nitro benzene ring substituents is 1. The minimum Gasteiger partial charge on any atom is -0.342 e. The van der Waals surface area contributed by atoms with Crippen molar-refractivity contribution in [2.45, 2.75) is 25.4 Å². The first-order valence-corrected chi connectivity index (χ1v) is 6.41. The minimum absolute atomic E-state index is 0.231. The highest BCUT2D eigenvalue weighted by molar-refractivity contribution is 5.79. The molecular formula is C13H13F3N2O3. The molecule has 1 amide bonds. The zero-order valence-electron chi connectivity index (χ0n) is 11.0. The Hall–Kier alpha value is -2.12. The van der Waals surface area contributed by atoms with Crippen LogP contribution in [0.15, 0.2) is 18.2 Å². The summed E-state index contributed by atoms with van der Waals surface area (Å²) in [6, 6.07) is 2.48. The second-order valence-corrected chi connectivity index (χ2v) is 4.86. The van der Waals surface area contributed by atoms with Gasteiger partial charge in [0.15, 0.2) is 0 Å². The van der Waals surface area contributed by atoms with Gasteiger partial charge in [-0.15, -0.1) is 0 Å². The molecule has 21 heavy (non-hydrogen) atoms. The summed E-state index contributed by atoms with van der Waals surface area (Å²) in [5.41, 5.74) is -1.99. The third-order valence-electron chi connectivity index (χ3n) is 3.41. The molecule has 0 aromatic heterocycles. The number of rotatable bonds is 3. The second-order valence-electron chi connectivity index (χ2n) is 4.86. The number of likely N-dealkylation sites (tertiary alicyclic amines) is 1. The van der Waals surface area contributed by atoms with E-state index < -0.39 is 28.8 Å². The fraction of sp³-hybridized carbons (Fsp3) is 0.462. The van der Waals surface area contributed by atoms with Crippen LogP contribution in [0.2, 0.25) is 0 Å². The third kappa shape index (κ3) is 3.50. The summed E-state index contributed by atoms with van der Waals surface area (Å²) in [6.07, 6.45) is -3.43. The molecule has 1 fully saturated rings. The van der Waals surface area contributed by atoms with Gasteiger partial charge >= 0.3 is 6.18 Å². The number of non-ortho nitro benzene ring substituents is 1. The van der Waals surface area contributed by atoms with Crippen molar-refractivity contribution in [1.82, 2.24) is 4.90 Å². The second kappa shape index (κ2) is 5.71. The molecule has 1 aromatic rings.